The first-order valence-electron chi connectivity index (χ1n) is 12.4. The molecule has 2 aliphatic heterocycles. The number of aliphatic carboxylic acids is 1. The lowest BCUT2D eigenvalue weighted by Gasteiger charge is -2.50. The molecule has 0 bridgehead atoms. The van der Waals surface area contributed by atoms with Crippen molar-refractivity contribution >= 4 is 51.3 Å². The van der Waals surface area contributed by atoms with Crippen LogP contribution in [0.1, 0.15) is 30.7 Å². The fourth-order valence-corrected chi connectivity index (χ4v) is 7.57. The highest BCUT2D eigenvalue weighted by Gasteiger charge is 2.66. The number of aromatic nitrogens is 2. The van der Waals surface area contributed by atoms with Crippen LogP contribution in [0.4, 0.5) is 0 Å². The number of β-lactam (4-membered cyclic amide) rings is 1. The van der Waals surface area contributed by atoms with E-state index in [0.29, 0.717) is 10.5 Å². The zero-order valence-corrected chi connectivity index (χ0v) is 23.3. The third-order valence-corrected chi connectivity index (χ3v) is 9.34. The highest BCUT2D eigenvalue weighted by Crippen LogP contribution is 2.60. The Morgan fingerprint density at radius 2 is 2.03 bits per heavy atom. The fourth-order valence-electron chi connectivity index (χ4n) is 5.61. The Bertz CT molecular complexity index is 1450. The molecule has 1 aromatic carbocycles. The van der Waals surface area contributed by atoms with E-state index in [1.807, 2.05) is 54.1 Å². The molecule has 4 heterocycles. The number of ether oxygens (including phenoxy) is 2. The number of imidazole rings is 1. The molecular weight excluding hydrogens is 542 g/mol. The van der Waals surface area contributed by atoms with Crippen LogP contribution in [-0.2, 0) is 30.5 Å². The van der Waals surface area contributed by atoms with Crippen LogP contribution in [0.5, 0.6) is 0 Å². The van der Waals surface area contributed by atoms with Crippen LogP contribution in [0.3, 0.4) is 0 Å². The average Bonchev–Trinajstić information content (AvgIpc) is 3.53. The summed E-state index contributed by atoms with van der Waals surface area (Å²) in [6.45, 7) is 3.46. The van der Waals surface area contributed by atoms with Gasteiger partial charge in [-0.2, -0.15) is 0 Å². The van der Waals surface area contributed by atoms with E-state index in [9.17, 15) is 24.6 Å². The van der Waals surface area contributed by atoms with Gasteiger partial charge in [0, 0.05) is 17.2 Å². The average molecular weight is 572 g/mol. The van der Waals surface area contributed by atoms with Crippen molar-refractivity contribution in [3.05, 3.63) is 59.0 Å². The predicted octanol–water partition coefficient (Wildman–Crippen LogP) is 3.29. The van der Waals surface area contributed by atoms with Gasteiger partial charge in [-0.25, -0.2) is 14.6 Å². The van der Waals surface area contributed by atoms with Crippen molar-refractivity contribution in [2.75, 3.05) is 19.5 Å². The summed E-state index contributed by atoms with van der Waals surface area (Å²) < 4.78 is 12.8. The number of hydrogen-bond acceptors (Lipinski definition) is 9. The van der Waals surface area contributed by atoms with Gasteiger partial charge in [0.15, 0.2) is 0 Å². The number of carboxylic acid groups (broad SMARTS) is 1. The molecule has 4 atom stereocenters. The number of carboxylic acids is 1. The summed E-state index contributed by atoms with van der Waals surface area (Å²) in [5, 5.41) is 21.5. The summed E-state index contributed by atoms with van der Waals surface area (Å²) in [7, 11) is 0. The molecule has 206 valence electrons. The maximum atomic E-state index is 13.1. The maximum Gasteiger partial charge on any atom is 0.352 e. The number of aliphatic hydroxyl groups excluding tert-OH is 1. The molecule has 0 radical (unpaired) electrons. The van der Waals surface area contributed by atoms with Gasteiger partial charge < -0.3 is 24.6 Å². The molecular formula is C27H29N3O7S2. The van der Waals surface area contributed by atoms with E-state index in [4.69, 9.17) is 9.47 Å². The second-order valence-corrected chi connectivity index (χ2v) is 11.7. The van der Waals surface area contributed by atoms with Gasteiger partial charge in [-0.3, -0.25) is 9.20 Å². The maximum absolute atomic E-state index is 13.1. The number of nitrogens with zero attached hydrogens (tertiary/aromatic N) is 3. The number of thiazole rings is 1. The van der Waals surface area contributed by atoms with E-state index in [0.717, 1.165) is 15.4 Å². The molecule has 3 aromatic rings. The molecule has 2 N–H and O–H groups in total. The SMILES string of the molecule is CSc1ncn2cc(C3=C(C(=O)O)N4C(=O)[C@H](C(C)O)[C@@H]4[C@@]3(C)CCOC(=O)COCc3ccccc3)sc12. The number of hydrogen-bond donors (Lipinski definition) is 2. The molecule has 1 fully saturated rings. The lowest BCUT2D eigenvalue weighted by Crippen LogP contribution is -2.66. The van der Waals surface area contributed by atoms with Gasteiger partial charge in [0.05, 0.1) is 36.2 Å². The van der Waals surface area contributed by atoms with Crippen molar-refractivity contribution in [3.8, 4) is 0 Å². The van der Waals surface area contributed by atoms with Crippen molar-refractivity contribution in [1.82, 2.24) is 14.3 Å². The van der Waals surface area contributed by atoms with Crippen LogP contribution >= 0.6 is 23.1 Å². The smallest absolute Gasteiger partial charge is 0.352 e. The Balaban J connectivity index is 1.40. The van der Waals surface area contributed by atoms with E-state index >= 15 is 0 Å². The number of benzene rings is 1. The van der Waals surface area contributed by atoms with Crippen LogP contribution in [-0.4, -0.2) is 74.0 Å². The standard InChI is InChI=1S/C27H29N3O7S2/c1-15(31)19-22-27(2,9-10-37-18(32)13-36-12-16-7-5-4-6-8-16)20(21(26(34)35)30(22)24(19)33)17-11-29-14-28-23(38-3)25(29)39-17/h4-8,11,14-15,19,22,31H,9-10,12-13H2,1-3H3,(H,34,35)/t15?,19-,22-,27+/m1/s1. The fraction of sp³-hybridized carbons (Fsp3) is 0.407. The summed E-state index contributed by atoms with van der Waals surface area (Å²) in [6, 6.07) is 8.88. The topological polar surface area (TPSA) is 131 Å². The third kappa shape index (κ3) is 4.75. The predicted molar refractivity (Wildman–Crippen MR) is 145 cm³/mol. The van der Waals surface area contributed by atoms with Gasteiger partial charge in [0.25, 0.3) is 0 Å². The number of thioether (sulfide) groups is 1. The highest BCUT2D eigenvalue weighted by atomic mass is 32.2. The van der Waals surface area contributed by atoms with Gasteiger partial charge in [-0.15, -0.1) is 23.1 Å². The van der Waals surface area contributed by atoms with Crippen LogP contribution < -0.4 is 0 Å². The summed E-state index contributed by atoms with van der Waals surface area (Å²) >= 11 is 2.88. The van der Waals surface area contributed by atoms with E-state index in [2.05, 4.69) is 4.98 Å². The third-order valence-electron chi connectivity index (χ3n) is 7.40. The van der Waals surface area contributed by atoms with Gasteiger partial charge in [0.2, 0.25) is 5.91 Å². The minimum Gasteiger partial charge on any atom is -0.477 e. The summed E-state index contributed by atoms with van der Waals surface area (Å²) in [4.78, 5) is 45.2. The number of carbonyl (C=O) groups is 3. The Kier molecular flexibility index (Phi) is 7.55. The molecule has 2 aromatic heterocycles. The van der Waals surface area contributed by atoms with E-state index in [-0.39, 0.29) is 31.9 Å². The Hall–Kier alpha value is -3.19. The van der Waals surface area contributed by atoms with E-state index in [1.54, 1.807) is 6.33 Å². The van der Waals surface area contributed by atoms with Crippen molar-refractivity contribution in [1.29, 1.82) is 0 Å². The molecule has 0 aliphatic carbocycles. The molecule has 1 saturated heterocycles. The Morgan fingerprint density at radius 3 is 2.69 bits per heavy atom. The molecule has 2 aliphatic rings. The highest BCUT2D eigenvalue weighted by molar-refractivity contribution is 7.98. The van der Waals surface area contributed by atoms with Gasteiger partial charge >= 0.3 is 11.9 Å². The molecule has 0 spiro atoms. The Morgan fingerprint density at radius 1 is 1.28 bits per heavy atom. The lowest BCUT2D eigenvalue weighted by atomic mass is 9.66. The molecule has 39 heavy (non-hydrogen) atoms. The van der Waals surface area contributed by atoms with Crippen molar-refractivity contribution in [3.63, 3.8) is 0 Å². The van der Waals surface area contributed by atoms with Gasteiger partial charge in [-0.05, 0) is 25.2 Å². The summed E-state index contributed by atoms with van der Waals surface area (Å²) in [6.07, 6.45) is 4.69. The molecule has 12 heteroatoms. The zero-order valence-electron chi connectivity index (χ0n) is 21.7. The van der Waals surface area contributed by atoms with Crippen LogP contribution in [0.2, 0.25) is 0 Å². The summed E-state index contributed by atoms with van der Waals surface area (Å²) in [5.74, 6) is -2.94. The largest absolute Gasteiger partial charge is 0.477 e. The van der Waals surface area contributed by atoms with Crippen LogP contribution in [0.25, 0.3) is 10.4 Å². The minimum absolute atomic E-state index is 0.00658. The molecule has 10 nitrogen and oxygen atoms in total. The van der Waals surface area contributed by atoms with Crippen molar-refractivity contribution < 1.29 is 34.1 Å². The van der Waals surface area contributed by atoms with Gasteiger partial charge in [0.1, 0.15) is 28.5 Å². The molecule has 0 saturated carbocycles. The monoisotopic (exact) mass is 571 g/mol. The lowest BCUT2D eigenvalue weighted by molar-refractivity contribution is -0.168. The van der Waals surface area contributed by atoms with Gasteiger partial charge in [-0.1, -0.05) is 37.3 Å². The van der Waals surface area contributed by atoms with Crippen molar-refractivity contribution in [2.45, 2.75) is 44.0 Å². The minimum atomic E-state index is -1.22. The first-order chi connectivity index (χ1) is 18.7. The normalized spacial score (nSPS) is 23.2. The van der Waals surface area contributed by atoms with Crippen LogP contribution in [0, 0.1) is 11.3 Å². The van der Waals surface area contributed by atoms with E-state index < -0.39 is 41.3 Å². The van der Waals surface area contributed by atoms with E-state index in [1.165, 1.54) is 34.9 Å². The number of carbonyl (C=O) groups excluding carboxylic acids is 2. The number of esters is 1. The number of rotatable bonds is 11. The molecule has 1 unspecified atom stereocenters. The second-order valence-electron chi connectivity index (χ2n) is 9.88. The first kappa shape index (κ1) is 27.4. The number of aliphatic hydroxyl groups is 1. The summed E-state index contributed by atoms with van der Waals surface area (Å²) in [5.41, 5.74) is 0.439. The zero-order chi connectivity index (χ0) is 27.9. The Labute approximate surface area is 233 Å². The first-order valence-corrected chi connectivity index (χ1v) is 14.5. The van der Waals surface area contributed by atoms with Crippen LogP contribution in [0.15, 0.2) is 53.6 Å². The second kappa shape index (κ2) is 10.8. The number of amides is 1. The number of fused-ring (bicyclic) bond motifs is 2. The quantitative estimate of drug-likeness (QED) is 0.202. The molecule has 1 amide bonds. The molecule has 5 rings (SSSR count). The van der Waals surface area contributed by atoms with Crippen molar-refractivity contribution in [2.24, 2.45) is 11.3 Å².